The number of imidazole rings is 1. The second-order valence-corrected chi connectivity index (χ2v) is 11.6. The van der Waals surface area contributed by atoms with E-state index in [0.29, 0.717) is 25.1 Å². The Kier molecular flexibility index (Phi) is 7.27. The van der Waals surface area contributed by atoms with Gasteiger partial charge in [0, 0.05) is 31.5 Å². The van der Waals surface area contributed by atoms with Gasteiger partial charge in [-0.15, -0.1) is 0 Å². The van der Waals surface area contributed by atoms with Crippen molar-refractivity contribution in [2.45, 2.75) is 58.5 Å². The van der Waals surface area contributed by atoms with Gasteiger partial charge < -0.3 is 14.2 Å². The minimum Gasteiger partial charge on any atom is -0.480 e. The molecule has 0 bridgehead atoms. The number of aryl methyl sites for hydroxylation is 3. The summed E-state index contributed by atoms with van der Waals surface area (Å²) in [5, 5.41) is 0. The molecule has 0 fully saturated rings. The van der Waals surface area contributed by atoms with Crippen molar-refractivity contribution in [3.8, 4) is 5.75 Å². The number of carbonyl (C=O) groups excluding carboxylic acids is 1. The number of nitrogens with one attached hydrogen (secondary N) is 1. The van der Waals surface area contributed by atoms with E-state index < -0.39 is 40.2 Å². The van der Waals surface area contributed by atoms with Gasteiger partial charge >= 0.3 is 0 Å². The van der Waals surface area contributed by atoms with E-state index in [-0.39, 0.29) is 29.4 Å². The van der Waals surface area contributed by atoms with E-state index in [9.17, 15) is 17.6 Å². The molecule has 0 saturated heterocycles. The molecule has 39 heavy (non-hydrogen) atoms. The number of aromatic nitrogens is 4. The summed E-state index contributed by atoms with van der Waals surface area (Å²) in [6, 6.07) is 2.20. The Morgan fingerprint density at radius 3 is 2.69 bits per heavy atom. The summed E-state index contributed by atoms with van der Waals surface area (Å²) in [4.78, 5) is 28.1. The summed E-state index contributed by atoms with van der Waals surface area (Å²) in [6.07, 6.45) is 5.93. The predicted octanol–water partition coefficient (Wildman–Crippen LogP) is 3.08. The van der Waals surface area contributed by atoms with E-state index in [0.717, 1.165) is 42.7 Å². The quantitative estimate of drug-likeness (QED) is 0.472. The molecule has 2 aliphatic rings. The molecule has 208 valence electrons. The summed E-state index contributed by atoms with van der Waals surface area (Å²) in [7, 11) is -3.56. The lowest BCUT2D eigenvalue weighted by Crippen LogP contribution is -2.44. The highest BCUT2D eigenvalue weighted by atomic mass is 32.2. The first kappa shape index (κ1) is 27.0. The van der Waals surface area contributed by atoms with Crippen molar-refractivity contribution in [2.24, 2.45) is 0 Å². The number of fused-ring (bicyclic) bond motifs is 3. The fourth-order valence-electron chi connectivity index (χ4n) is 5.23. The highest BCUT2D eigenvalue weighted by Gasteiger charge is 2.39. The lowest BCUT2D eigenvalue weighted by atomic mass is 9.93. The van der Waals surface area contributed by atoms with Gasteiger partial charge in [0.15, 0.2) is 24.0 Å². The van der Waals surface area contributed by atoms with Crippen LogP contribution < -0.4 is 9.46 Å². The molecule has 0 saturated carbocycles. The van der Waals surface area contributed by atoms with E-state index in [4.69, 9.17) is 9.72 Å². The summed E-state index contributed by atoms with van der Waals surface area (Å²) >= 11 is 0. The van der Waals surface area contributed by atoms with Crippen molar-refractivity contribution in [2.75, 3.05) is 24.1 Å². The first-order valence-corrected chi connectivity index (χ1v) is 14.7. The molecule has 1 N–H and O–H groups in total. The minimum absolute atomic E-state index is 0.0782. The minimum atomic E-state index is -3.56. The third-order valence-corrected chi connectivity index (χ3v) is 7.62. The molecular formula is C26H30F2N6O4S. The number of carbonyl (C=O) groups is 1. The highest BCUT2D eigenvalue weighted by molar-refractivity contribution is 7.91. The Bertz CT molecular complexity index is 1540. The SMILES string of the molecule is CCc1nc(NS(C)(=O)=O)ncc1OCC(=O)N1CCc2nc3n(c2C1c1ccc(C)c(F)c1F)CCCC3. The number of halogens is 2. The maximum absolute atomic E-state index is 15.4. The number of benzene rings is 1. The molecule has 3 aromatic rings. The van der Waals surface area contributed by atoms with Crippen LogP contribution in [-0.4, -0.2) is 58.2 Å². The topological polar surface area (TPSA) is 119 Å². The molecule has 10 nitrogen and oxygen atoms in total. The molecular weight excluding hydrogens is 530 g/mol. The zero-order chi connectivity index (χ0) is 27.9. The fourth-order valence-corrected chi connectivity index (χ4v) is 5.66. The number of hydrogen-bond acceptors (Lipinski definition) is 7. The largest absolute Gasteiger partial charge is 0.480 e. The molecule has 13 heteroatoms. The van der Waals surface area contributed by atoms with Crippen molar-refractivity contribution in [3.63, 3.8) is 0 Å². The van der Waals surface area contributed by atoms with Crippen LogP contribution in [0, 0.1) is 18.6 Å². The van der Waals surface area contributed by atoms with Crippen molar-refractivity contribution in [1.29, 1.82) is 0 Å². The van der Waals surface area contributed by atoms with Gasteiger partial charge in [-0.3, -0.25) is 9.52 Å². The number of rotatable bonds is 7. The van der Waals surface area contributed by atoms with Crippen LogP contribution in [0.5, 0.6) is 5.75 Å². The van der Waals surface area contributed by atoms with Gasteiger partial charge in [0.1, 0.15) is 11.9 Å². The van der Waals surface area contributed by atoms with Crippen LogP contribution in [0.1, 0.15) is 59.8 Å². The van der Waals surface area contributed by atoms with Crippen molar-refractivity contribution >= 4 is 21.9 Å². The maximum Gasteiger partial charge on any atom is 0.261 e. The Morgan fingerprint density at radius 1 is 1.15 bits per heavy atom. The monoisotopic (exact) mass is 560 g/mol. The van der Waals surface area contributed by atoms with Gasteiger partial charge in [-0.1, -0.05) is 19.1 Å². The molecule has 2 aromatic heterocycles. The van der Waals surface area contributed by atoms with E-state index >= 15 is 4.39 Å². The second-order valence-electron chi connectivity index (χ2n) is 9.83. The normalized spacial score (nSPS) is 16.9. The van der Waals surface area contributed by atoms with Gasteiger partial charge in [-0.25, -0.2) is 32.2 Å². The Labute approximate surface area is 225 Å². The zero-order valence-corrected chi connectivity index (χ0v) is 22.8. The molecule has 2 aliphatic heterocycles. The molecule has 0 radical (unpaired) electrons. The van der Waals surface area contributed by atoms with Gasteiger partial charge in [-0.05, 0) is 31.7 Å². The van der Waals surface area contributed by atoms with E-state index in [1.807, 2.05) is 0 Å². The number of ether oxygens (including phenoxy) is 1. The number of sulfonamides is 1. The van der Waals surface area contributed by atoms with E-state index in [1.54, 1.807) is 6.92 Å². The third-order valence-electron chi connectivity index (χ3n) is 7.07. The molecule has 1 aromatic carbocycles. The average molecular weight is 561 g/mol. The number of nitrogens with zero attached hydrogens (tertiary/aromatic N) is 5. The highest BCUT2D eigenvalue weighted by Crippen LogP contribution is 2.39. The van der Waals surface area contributed by atoms with Crippen LogP contribution in [0.3, 0.4) is 0 Å². The lowest BCUT2D eigenvalue weighted by molar-refractivity contribution is -0.135. The van der Waals surface area contributed by atoms with Gasteiger partial charge in [0.2, 0.25) is 16.0 Å². The molecule has 1 unspecified atom stereocenters. The fraction of sp³-hybridized carbons (Fsp3) is 0.462. The molecule has 4 heterocycles. The average Bonchev–Trinajstić information content (AvgIpc) is 3.28. The smallest absolute Gasteiger partial charge is 0.261 e. The molecule has 1 atom stereocenters. The number of hydrogen-bond donors (Lipinski definition) is 1. The second kappa shape index (κ2) is 10.5. The van der Waals surface area contributed by atoms with Crippen molar-refractivity contribution in [1.82, 2.24) is 24.4 Å². The van der Waals surface area contributed by atoms with Crippen LogP contribution >= 0.6 is 0 Å². The molecule has 0 spiro atoms. The van der Waals surface area contributed by atoms with Crippen molar-refractivity contribution < 1.29 is 26.7 Å². The number of amides is 1. The predicted molar refractivity (Wildman–Crippen MR) is 139 cm³/mol. The molecule has 5 rings (SSSR count). The standard InChI is InChI=1S/C26H30F2N6O4S/c1-4-17-19(13-29-26(31-17)32-39(3,36)37)38-14-21(35)34-12-10-18-25(33-11-6-5-7-20(33)30-18)24(34)16-9-8-15(2)22(27)23(16)28/h8-9,13,24H,4-7,10-12,14H2,1-3H3,(H,29,31,32). The third kappa shape index (κ3) is 5.32. The first-order chi connectivity index (χ1) is 18.6. The zero-order valence-electron chi connectivity index (χ0n) is 22.0. The van der Waals surface area contributed by atoms with Crippen LogP contribution in [0.2, 0.25) is 0 Å². The van der Waals surface area contributed by atoms with E-state index in [1.165, 1.54) is 30.2 Å². The van der Waals surface area contributed by atoms with Gasteiger partial charge in [0.05, 0.1) is 29.5 Å². The van der Waals surface area contributed by atoms with E-state index in [2.05, 4.69) is 19.3 Å². The summed E-state index contributed by atoms with van der Waals surface area (Å²) < 4.78 is 63.2. The maximum atomic E-state index is 15.4. The molecule has 1 amide bonds. The lowest BCUT2D eigenvalue weighted by Gasteiger charge is -2.37. The molecule has 0 aliphatic carbocycles. The first-order valence-electron chi connectivity index (χ1n) is 12.9. The summed E-state index contributed by atoms with van der Waals surface area (Å²) in [6.45, 7) is 3.88. The number of anilines is 1. The summed E-state index contributed by atoms with van der Waals surface area (Å²) in [5.74, 6) is -1.30. The van der Waals surface area contributed by atoms with Crippen LogP contribution in [0.15, 0.2) is 18.3 Å². The Morgan fingerprint density at radius 2 is 1.95 bits per heavy atom. The Hall–Kier alpha value is -3.61. The van der Waals surface area contributed by atoms with Crippen molar-refractivity contribution in [3.05, 3.63) is 64.0 Å². The van der Waals surface area contributed by atoms with Crippen LogP contribution in [0.4, 0.5) is 14.7 Å². The summed E-state index contributed by atoms with van der Waals surface area (Å²) in [5.41, 5.74) is 2.20. The van der Waals surface area contributed by atoms with Gasteiger partial charge in [-0.2, -0.15) is 0 Å². The van der Waals surface area contributed by atoms with Gasteiger partial charge in [0.25, 0.3) is 5.91 Å². The Balaban J connectivity index is 1.46. The van der Waals surface area contributed by atoms with Crippen LogP contribution in [0.25, 0.3) is 0 Å². The van der Waals surface area contributed by atoms with Crippen LogP contribution in [-0.2, 0) is 40.6 Å².